The maximum atomic E-state index is 12.7. The number of carbonyl (C=O) groups is 1. The Morgan fingerprint density at radius 2 is 1.73 bits per heavy atom. The summed E-state index contributed by atoms with van der Waals surface area (Å²) in [5, 5.41) is 13.6. The van der Waals surface area contributed by atoms with Crippen LogP contribution in [0.25, 0.3) is 0 Å². The summed E-state index contributed by atoms with van der Waals surface area (Å²) in [7, 11) is 3.08. The molecule has 8 heteroatoms. The average Bonchev–Trinajstić information content (AvgIpc) is 3.12. The zero-order valence-corrected chi connectivity index (χ0v) is 16.9. The number of methoxy groups -OCH3 is 2. The van der Waals surface area contributed by atoms with Crippen LogP contribution in [0.4, 0.5) is 0 Å². The first kappa shape index (κ1) is 20.2. The summed E-state index contributed by atoms with van der Waals surface area (Å²) in [6.45, 7) is 0.115. The number of aliphatic hydroxyl groups excluding tert-OH is 1. The Morgan fingerprint density at radius 3 is 2.43 bits per heavy atom. The number of amides is 1. The second-order valence-corrected chi connectivity index (χ2v) is 7.20. The summed E-state index contributed by atoms with van der Waals surface area (Å²) < 4.78 is 28.1. The Labute approximate surface area is 174 Å². The molecule has 2 aliphatic rings. The number of para-hydroxylation sites is 3. The third kappa shape index (κ3) is 3.95. The van der Waals surface area contributed by atoms with Gasteiger partial charge in [0.25, 0.3) is 5.91 Å². The summed E-state index contributed by atoms with van der Waals surface area (Å²) in [5.74, 6) is 2.27. The number of nitrogens with one attached hydrogen (secondary N) is 1. The third-order valence-corrected chi connectivity index (χ3v) is 5.34. The van der Waals surface area contributed by atoms with Crippen LogP contribution in [0, 0.1) is 0 Å². The first-order chi connectivity index (χ1) is 14.6. The maximum absolute atomic E-state index is 12.7. The van der Waals surface area contributed by atoms with E-state index in [9.17, 15) is 9.90 Å². The predicted molar refractivity (Wildman–Crippen MR) is 107 cm³/mol. The highest BCUT2D eigenvalue weighted by molar-refractivity contribution is 5.82. The minimum Gasteiger partial charge on any atom is -0.493 e. The molecule has 2 aromatic rings. The summed E-state index contributed by atoms with van der Waals surface area (Å²) >= 11 is 0. The number of aliphatic hydroxyl groups is 1. The molecule has 1 amide bonds. The van der Waals surface area contributed by atoms with Crippen molar-refractivity contribution in [2.75, 3.05) is 20.8 Å². The lowest BCUT2D eigenvalue weighted by Crippen LogP contribution is -2.51. The molecule has 0 spiro atoms. The van der Waals surface area contributed by atoms with Crippen molar-refractivity contribution in [2.24, 2.45) is 0 Å². The molecule has 8 nitrogen and oxygen atoms in total. The monoisotopic (exact) mass is 415 g/mol. The normalized spacial score (nSPS) is 24.8. The zero-order chi connectivity index (χ0) is 21.1. The van der Waals surface area contributed by atoms with Crippen molar-refractivity contribution in [3.05, 3.63) is 42.5 Å². The minimum atomic E-state index is -0.889. The number of carbonyl (C=O) groups excluding carboxylic acids is 1. The van der Waals surface area contributed by atoms with Gasteiger partial charge in [-0.1, -0.05) is 18.2 Å². The molecular weight excluding hydrogens is 390 g/mol. The lowest BCUT2D eigenvalue weighted by molar-refractivity contribution is -0.132. The van der Waals surface area contributed by atoms with Gasteiger partial charge in [0.15, 0.2) is 23.0 Å². The Kier molecular flexibility index (Phi) is 5.85. The highest BCUT2D eigenvalue weighted by Gasteiger charge is 2.40. The number of benzene rings is 2. The molecule has 2 aromatic carbocycles. The number of rotatable bonds is 6. The lowest BCUT2D eigenvalue weighted by atomic mass is 10.2. The van der Waals surface area contributed by atoms with Crippen LogP contribution in [-0.4, -0.2) is 56.2 Å². The molecule has 4 atom stereocenters. The Balaban J connectivity index is 1.38. The van der Waals surface area contributed by atoms with E-state index in [4.69, 9.17) is 23.7 Å². The Hall–Kier alpha value is -3.13. The molecule has 0 aromatic heterocycles. The molecule has 1 fully saturated rings. The maximum Gasteiger partial charge on any atom is 0.265 e. The van der Waals surface area contributed by atoms with E-state index in [-0.39, 0.29) is 12.5 Å². The van der Waals surface area contributed by atoms with Gasteiger partial charge >= 0.3 is 0 Å². The fourth-order valence-corrected chi connectivity index (χ4v) is 3.74. The second kappa shape index (κ2) is 8.71. The molecule has 1 aliphatic carbocycles. The fraction of sp³-hybridized carbons (Fsp3) is 0.409. The summed E-state index contributed by atoms with van der Waals surface area (Å²) in [6, 6.07) is 12.1. The van der Waals surface area contributed by atoms with E-state index >= 15 is 0 Å². The van der Waals surface area contributed by atoms with Crippen molar-refractivity contribution in [3.8, 4) is 28.7 Å². The summed E-state index contributed by atoms with van der Waals surface area (Å²) in [6.07, 6.45) is -1.04. The number of fused-ring (bicyclic) bond motifs is 1. The van der Waals surface area contributed by atoms with Gasteiger partial charge in [0.2, 0.25) is 11.9 Å². The van der Waals surface area contributed by atoms with E-state index in [2.05, 4.69) is 5.32 Å². The Bertz CT molecular complexity index is 881. The van der Waals surface area contributed by atoms with Gasteiger partial charge in [-0.25, -0.2) is 0 Å². The van der Waals surface area contributed by atoms with Crippen LogP contribution in [0.5, 0.6) is 28.7 Å². The molecule has 160 valence electrons. The van der Waals surface area contributed by atoms with E-state index in [0.29, 0.717) is 41.6 Å². The van der Waals surface area contributed by atoms with Crippen molar-refractivity contribution in [1.82, 2.24) is 5.32 Å². The van der Waals surface area contributed by atoms with Gasteiger partial charge in [-0.15, -0.1) is 0 Å². The molecule has 0 bridgehead atoms. The van der Waals surface area contributed by atoms with Crippen LogP contribution in [0.15, 0.2) is 42.5 Å². The van der Waals surface area contributed by atoms with Crippen molar-refractivity contribution >= 4 is 5.91 Å². The SMILES string of the molecule is COc1cccc(OC)c1O[C@@H]1CC[C@@H](NC(=O)[C@H]2COc3ccccc3O2)[C@H]1O. The van der Waals surface area contributed by atoms with Crippen molar-refractivity contribution in [2.45, 2.75) is 37.2 Å². The van der Waals surface area contributed by atoms with Gasteiger partial charge in [0, 0.05) is 0 Å². The van der Waals surface area contributed by atoms with Crippen LogP contribution in [0.1, 0.15) is 12.8 Å². The van der Waals surface area contributed by atoms with E-state index in [1.807, 2.05) is 12.1 Å². The molecule has 1 aliphatic heterocycles. The molecule has 0 radical (unpaired) electrons. The van der Waals surface area contributed by atoms with Gasteiger partial charge in [-0.05, 0) is 37.1 Å². The van der Waals surface area contributed by atoms with Gasteiger partial charge in [-0.3, -0.25) is 4.79 Å². The van der Waals surface area contributed by atoms with E-state index in [0.717, 1.165) is 0 Å². The van der Waals surface area contributed by atoms with Gasteiger partial charge in [-0.2, -0.15) is 0 Å². The molecule has 2 N–H and O–H groups in total. The third-order valence-electron chi connectivity index (χ3n) is 5.34. The summed E-state index contributed by atoms with van der Waals surface area (Å²) in [4.78, 5) is 12.7. The van der Waals surface area contributed by atoms with Gasteiger partial charge in [0.05, 0.1) is 20.3 Å². The lowest BCUT2D eigenvalue weighted by Gasteiger charge is -2.28. The van der Waals surface area contributed by atoms with E-state index < -0.39 is 24.4 Å². The molecule has 1 heterocycles. The summed E-state index contributed by atoms with van der Waals surface area (Å²) in [5.41, 5.74) is 0. The van der Waals surface area contributed by atoms with Crippen LogP contribution in [0.3, 0.4) is 0 Å². The fourth-order valence-electron chi connectivity index (χ4n) is 3.74. The molecule has 0 unspecified atom stereocenters. The van der Waals surface area contributed by atoms with Crippen LogP contribution in [-0.2, 0) is 4.79 Å². The minimum absolute atomic E-state index is 0.115. The number of ether oxygens (including phenoxy) is 5. The second-order valence-electron chi connectivity index (χ2n) is 7.20. The highest BCUT2D eigenvalue weighted by atomic mass is 16.6. The quantitative estimate of drug-likeness (QED) is 0.744. The first-order valence-electron chi connectivity index (χ1n) is 9.85. The molecule has 0 saturated heterocycles. The van der Waals surface area contributed by atoms with Crippen LogP contribution < -0.4 is 29.0 Å². The van der Waals surface area contributed by atoms with E-state index in [1.165, 1.54) is 0 Å². The standard InChI is InChI=1S/C22H25NO7/c1-26-17-8-5-9-18(27-2)21(17)30-16-11-10-13(20(16)24)23-22(25)19-12-28-14-6-3-4-7-15(14)29-19/h3-9,13,16,19-20,24H,10-12H2,1-2H3,(H,23,25)/t13-,16-,19-,20-/m1/s1. The molecule has 4 rings (SSSR count). The van der Waals surface area contributed by atoms with Crippen molar-refractivity contribution in [1.29, 1.82) is 0 Å². The van der Waals surface area contributed by atoms with Crippen molar-refractivity contribution in [3.63, 3.8) is 0 Å². The molecule has 30 heavy (non-hydrogen) atoms. The Morgan fingerprint density at radius 1 is 1.03 bits per heavy atom. The first-order valence-corrected chi connectivity index (χ1v) is 9.85. The number of hydrogen-bond donors (Lipinski definition) is 2. The highest BCUT2D eigenvalue weighted by Crippen LogP contribution is 2.39. The molecular formula is C22H25NO7. The average molecular weight is 415 g/mol. The largest absolute Gasteiger partial charge is 0.493 e. The topological polar surface area (TPSA) is 95.5 Å². The van der Waals surface area contributed by atoms with Crippen molar-refractivity contribution < 1.29 is 33.6 Å². The van der Waals surface area contributed by atoms with E-state index in [1.54, 1.807) is 44.6 Å². The molecule has 1 saturated carbocycles. The van der Waals surface area contributed by atoms with Crippen LogP contribution in [0.2, 0.25) is 0 Å². The van der Waals surface area contributed by atoms with Gasteiger partial charge < -0.3 is 34.1 Å². The predicted octanol–water partition coefficient (Wildman–Crippen LogP) is 1.93. The smallest absolute Gasteiger partial charge is 0.265 e. The number of hydrogen-bond acceptors (Lipinski definition) is 7. The van der Waals surface area contributed by atoms with Crippen LogP contribution >= 0.6 is 0 Å². The zero-order valence-electron chi connectivity index (χ0n) is 16.9. The van der Waals surface area contributed by atoms with Gasteiger partial charge in [0.1, 0.15) is 18.8 Å².